The lowest BCUT2D eigenvalue weighted by atomic mass is 10.1. The number of hydrazone groups is 1. The molecule has 6 nitrogen and oxygen atoms in total. The van der Waals surface area contributed by atoms with Crippen molar-refractivity contribution in [3.05, 3.63) is 70.4 Å². The number of hydrogen-bond donors (Lipinski definition) is 1. The topological polar surface area (TPSA) is 73.1 Å². The van der Waals surface area contributed by atoms with Crippen LogP contribution in [0, 0.1) is 6.92 Å². The molecule has 0 radical (unpaired) electrons. The molecule has 0 saturated carbocycles. The maximum atomic E-state index is 12.3. The maximum absolute atomic E-state index is 12.3. The molecule has 0 bridgehead atoms. The van der Waals surface area contributed by atoms with Crippen LogP contribution in [0.5, 0.6) is 11.5 Å². The van der Waals surface area contributed by atoms with Gasteiger partial charge in [0, 0.05) is 22.2 Å². The average Bonchev–Trinajstić information content (AvgIpc) is 3.18. The van der Waals surface area contributed by atoms with Crippen LogP contribution in [0.25, 0.3) is 11.3 Å². The van der Waals surface area contributed by atoms with Gasteiger partial charge in [-0.05, 0) is 42.8 Å². The molecule has 1 amide bonds. The summed E-state index contributed by atoms with van der Waals surface area (Å²) in [5, 5.41) is 4.61. The summed E-state index contributed by atoms with van der Waals surface area (Å²) in [6.45, 7) is 1.94. The normalized spacial score (nSPS) is 10.9. The second kappa shape index (κ2) is 8.63. The molecule has 1 N–H and O–H groups in total. The van der Waals surface area contributed by atoms with Crippen molar-refractivity contribution in [1.82, 2.24) is 5.43 Å². The first-order valence-electron chi connectivity index (χ1n) is 8.43. The molecule has 0 spiro atoms. The number of furan rings is 1. The first-order valence-corrected chi connectivity index (χ1v) is 8.81. The average molecular weight is 399 g/mol. The van der Waals surface area contributed by atoms with Crippen LogP contribution < -0.4 is 14.9 Å². The van der Waals surface area contributed by atoms with Gasteiger partial charge in [0.05, 0.1) is 20.4 Å². The summed E-state index contributed by atoms with van der Waals surface area (Å²) in [6.07, 6.45) is 1.43. The monoisotopic (exact) mass is 398 g/mol. The Morgan fingerprint density at radius 3 is 2.43 bits per heavy atom. The molecule has 1 heterocycles. The molecule has 2 aromatic carbocycles. The van der Waals surface area contributed by atoms with E-state index in [2.05, 4.69) is 10.5 Å². The van der Waals surface area contributed by atoms with Gasteiger partial charge in [0.25, 0.3) is 5.91 Å². The molecule has 0 aliphatic rings. The van der Waals surface area contributed by atoms with Crippen LogP contribution in [-0.2, 0) is 0 Å². The third kappa shape index (κ3) is 4.53. The van der Waals surface area contributed by atoms with E-state index in [0.29, 0.717) is 33.6 Å². The standard InChI is InChI=1S/C21H19ClN2O4/c1-13-4-5-14(10-19(13)22)20-7-6-16(28-20)12-23-24-21(25)15-8-17(26-2)11-18(9-15)27-3/h4-12H,1-3H3,(H,24,25)/b23-12-. The largest absolute Gasteiger partial charge is 0.497 e. The number of nitrogens with zero attached hydrogens (tertiary/aromatic N) is 1. The Kier molecular flexibility index (Phi) is 6.01. The van der Waals surface area contributed by atoms with Crippen molar-refractivity contribution in [1.29, 1.82) is 0 Å². The number of aryl methyl sites for hydroxylation is 1. The highest BCUT2D eigenvalue weighted by Crippen LogP contribution is 2.26. The van der Waals surface area contributed by atoms with Crippen molar-refractivity contribution in [3.63, 3.8) is 0 Å². The summed E-state index contributed by atoms with van der Waals surface area (Å²) >= 11 is 6.16. The van der Waals surface area contributed by atoms with Gasteiger partial charge in [-0.3, -0.25) is 4.79 Å². The summed E-state index contributed by atoms with van der Waals surface area (Å²) < 4.78 is 16.0. The first kappa shape index (κ1) is 19.5. The first-order chi connectivity index (χ1) is 13.5. The number of benzene rings is 2. The van der Waals surface area contributed by atoms with Crippen molar-refractivity contribution < 1.29 is 18.7 Å². The van der Waals surface area contributed by atoms with Gasteiger partial charge in [0.2, 0.25) is 0 Å². The van der Waals surface area contributed by atoms with Crippen LogP contribution >= 0.6 is 11.6 Å². The lowest BCUT2D eigenvalue weighted by Gasteiger charge is -2.07. The molecular weight excluding hydrogens is 380 g/mol. The van der Waals surface area contributed by atoms with E-state index in [0.717, 1.165) is 11.1 Å². The van der Waals surface area contributed by atoms with Crippen molar-refractivity contribution in [3.8, 4) is 22.8 Å². The van der Waals surface area contributed by atoms with Gasteiger partial charge in [-0.25, -0.2) is 5.43 Å². The zero-order valence-electron chi connectivity index (χ0n) is 15.7. The van der Waals surface area contributed by atoms with Crippen molar-refractivity contribution in [2.45, 2.75) is 6.92 Å². The zero-order chi connectivity index (χ0) is 20.1. The summed E-state index contributed by atoms with van der Waals surface area (Å²) in [4.78, 5) is 12.3. The SMILES string of the molecule is COc1cc(OC)cc(C(=O)N/N=C\c2ccc(-c3ccc(C)c(Cl)c3)o2)c1. The fourth-order valence-corrected chi connectivity index (χ4v) is 2.66. The van der Waals surface area contributed by atoms with Gasteiger partial charge in [-0.15, -0.1) is 0 Å². The molecule has 0 aliphatic carbocycles. The van der Waals surface area contributed by atoms with Gasteiger partial charge in [0.1, 0.15) is 23.0 Å². The van der Waals surface area contributed by atoms with Crippen molar-refractivity contribution in [2.24, 2.45) is 5.10 Å². The Balaban J connectivity index is 1.69. The number of carbonyl (C=O) groups excluding carboxylic acids is 1. The summed E-state index contributed by atoms with van der Waals surface area (Å²) in [7, 11) is 3.04. The van der Waals surface area contributed by atoms with E-state index in [1.165, 1.54) is 20.4 Å². The van der Waals surface area contributed by atoms with E-state index in [4.69, 9.17) is 25.5 Å². The van der Waals surface area contributed by atoms with Crippen LogP contribution in [0.15, 0.2) is 58.0 Å². The van der Waals surface area contributed by atoms with E-state index in [1.54, 1.807) is 24.3 Å². The van der Waals surface area contributed by atoms with E-state index >= 15 is 0 Å². The van der Waals surface area contributed by atoms with Crippen LogP contribution in [0.1, 0.15) is 21.7 Å². The number of nitrogens with one attached hydrogen (secondary N) is 1. The van der Waals surface area contributed by atoms with Gasteiger partial charge in [-0.2, -0.15) is 5.10 Å². The Bertz CT molecular complexity index is 1000. The molecule has 0 atom stereocenters. The summed E-state index contributed by atoms with van der Waals surface area (Å²) in [5.41, 5.74) is 4.68. The zero-order valence-corrected chi connectivity index (χ0v) is 16.4. The third-order valence-electron chi connectivity index (χ3n) is 4.05. The van der Waals surface area contributed by atoms with Crippen LogP contribution in [0.3, 0.4) is 0 Å². The predicted octanol–water partition coefficient (Wildman–Crippen LogP) is 4.69. The lowest BCUT2D eigenvalue weighted by Crippen LogP contribution is -2.17. The number of methoxy groups -OCH3 is 2. The second-order valence-corrected chi connectivity index (χ2v) is 6.37. The summed E-state index contributed by atoms with van der Waals surface area (Å²) in [6, 6.07) is 14.1. The van der Waals surface area contributed by atoms with E-state index in [1.807, 2.05) is 31.2 Å². The third-order valence-corrected chi connectivity index (χ3v) is 4.46. The highest BCUT2D eigenvalue weighted by molar-refractivity contribution is 6.31. The molecule has 0 aliphatic heterocycles. The minimum atomic E-state index is -0.398. The van der Waals surface area contributed by atoms with E-state index in [9.17, 15) is 4.79 Å². The number of amides is 1. The fraction of sp³-hybridized carbons (Fsp3) is 0.143. The number of rotatable bonds is 6. The molecule has 3 aromatic rings. The molecule has 0 unspecified atom stereocenters. The minimum absolute atomic E-state index is 0.364. The van der Waals surface area contributed by atoms with Gasteiger partial charge < -0.3 is 13.9 Å². The Morgan fingerprint density at radius 1 is 1.07 bits per heavy atom. The van der Waals surface area contributed by atoms with Crippen LogP contribution in [0.4, 0.5) is 0 Å². The Hall–Kier alpha value is -3.25. The minimum Gasteiger partial charge on any atom is -0.497 e. The molecule has 0 fully saturated rings. The van der Waals surface area contributed by atoms with Gasteiger partial charge in [-0.1, -0.05) is 23.7 Å². The van der Waals surface area contributed by atoms with Gasteiger partial charge in [0.15, 0.2) is 0 Å². The molecule has 28 heavy (non-hydrogen) atoms. The summed E-state index contributed by atoms with van der Waals surface area (Å²) in [5.74, 6) is 1.79. The number of carbonyl (C=O) groups is 1. The number of hydrogen-bond acceptors (Lipinski definition) is 5. The number of ether oxygens (including phenoxy) is 2. The van der Waals surface area contributed by atoms with Crippen molar-refractivity contribution in [2.75, 3.05) is 14.2 Å². The maximum Gasteiger partial charge on any atom is 0.271 e. The Morgan fingerprint density at radius 2 is 1.79 bits per heavy atom. The predicted molar refractivity (Wildman–Crippen MR) is 108 cm³/mol. The molecule has 3 rings (SSSR count). The van der Waals surface area contributed by atoms with Crippen molar-refractivity contribution >= 4 is 23.7 Å². The highest BCUT2D eigenvalue weighted by Gasteiger charge is 2.09. The molecule has 1 aromatic heterocycles. The quantitative estimate of drug-likeness (QED) is 0.483. The van der Waals surface area contributed by atoms with Gasteiger partial charge >= 0.3 is 0 Å². The fourth-order valence-electron chi connectivity index (χ4n) is 2.48. The molecule has 144 valence electrons. The lowest BCUT2D eigenvalue weighted by molar-refractivity contribution is 0.0954. The Labute approximate surface area is 167 Å². The molecular formula is C21H19ClN2O4. The van der Waals surface area contributed by atoms with Crippen LogP contribution in [-0.4, -0.2) is 26.3 Å². The highest BCUT2D eigenvalue weighted by atomic mass is 35.5. The molecule has 7 heteroatoms. The number of halogens is 1. The smallest absolute Gasteiger partial charge is 0.271 e. The van der Waals surface area contributed by atoms with E-state index in [-0.39, 0.29) is 0 Å². The van der Waals surface area contributed by atoms with Crippen LogP contribution in [0.2, 0.25) is 5.02 Å². The molecule has 0 saturated heterocycles. The van der Waals surface area contributed by atoms with E-state index < -0.39 is 5.91 Å². The second-order valence-electron chi connectivity index (χ2n) is 5.97.